The number of aryl methyl sites for hydroxylation is 1. The smallest absolute Gasteiger partial charge is 0.252 e. The fourth-order valence-electron chi connectivity index (χ4n) is 2.75. The maximum absolute atomic E-state index is 12.4. The number of anilines is 1. The Labute approximate surface area is 161 Å². The fourth-order valence-corrected chi connectivity index (χ4v) is 4.25. The monoisotopic (exact) mass is 452 g/mol. The van der Waals surface area contributed by atoms with Crippen LogP contribution >= 0.6 is 34.4 Å². The van der Waals surface area contributed by atoms with Crippen molar-refractivity contribution < 1.29 is 4.79 Å². The highest BCUT2D eigenvalue weighted by Gasteiger charge is 2.12. The van der Waals surface area contributed by atoms with Crippen molar-refractivity contribution in [1.82, 2.24) is 5.32 Å². The molecule has 3 nitrogen and oxygen atoms in total. The van der Waals surface area contributed by atoms with E-state index in [4.69, 9.17) is 0 Å². The quantitative estimate of drug-likeness (QED) is 0.710. The highest BCUT2D eigenvalue weighted by Crippen LogP contribution is 2.20. The number of hydrogen-bond donors (Lipinski definition) is 1. The first-order valence-electron chi connectivity index (χ1n) is 8.10. The second kappa shape index (κ2) is 8.25. The van der Waals surface area contributed by atoms with E-state index in [1.807, 2.05) is 36.9 Å². The van der Waals surface area contributed by atoms with Crippen molar-refractivity contribution in [3.8, 4) is 0 Å². The SMILES string of the molecule is Cc1cccc(C(=O)NCc2ccc(N3CCSCC3)cc2)c1I. The number of thioether (sulfide) groups is 1. The molecule has 1 aliphatic rings. The molecule has 0 saturated carbocycles. The van der Waals surface area contributed by atoms with E-state index in [2.05, 4.69) is 57.1 Å². The summed E-state index contributed by atoms with van der Waals surface area (Å²) in [6, 6.07) is 14.4. The maximum Gasteiger partial charge on any atom is 0.252 e. The molecule has 1 fully saturated rings. The summed E-state index contributed by atoms with van der Waals surface area (Å²) >= 11 is 4.25. The number of amides is 1. The van der Waals surface area contributed by atoms with Crippen LogP contribution < -0.4 is 10.2 Å². The molecule has 0 aliphatic carbocycles. The van der Waals surface area contributed by atoms with Crippen LogP contribution in [0.15, 0.2) is 42.5 Å². The van der Waals surface area contributed by atoms with Crippen molar-refractivity contribution in [2.75, 3.05) is 29.5 Å². The first-order chi connectivity index (χ1) is 11.6. The van der Waals surface area contributed by atoms with E-state index < -0.39 is 0 Å². The molecule has 126 valence electrons. The Balaban J connectivity index is 1.60. The summed E-state index contributed by atoms with van der Waals surface area (Å²) < 4.78 is 1.02. The number of rotatable bonds is 4. The lowest BCUT2D eigenvalue weighted by Gasteiger charge is -2.28. The highest BCUT2D eigenvalue weighted by molar-refractivity contribution is 14.1. The summed E-state index contributed by atoms with van der Waals surface area (Å²) in [4.78, 5) is 14.8. The lowest BCUT2D eigenvalue weighted by atomic mass is 10.1. The fraction of sp³-hybridized carbons (Fsp3) is 0.316. The number of halogens is 1. The van der Waals surface area contributed by atoms with Gasteiger partial charge in [-0.25, -0.2) is 0 Å². The van der Waals surface area contributed by atoms with Crippen molar-refractivity contribution >= 4 is 45.9 Å². The van der Waals surface area contributed by atoms with Crippen molar-refractivity contribution in [2.24, 2.45) is 0 Å². The van der Waals surface area contributed by atoms with Gasteiger partial charge in [0.1, 0.15) is 0 Å². The highest BCUT2D eigenvalue weighted by atomic mass is 127. The number of nitrogens with zero attached hydrogens (tertiary/aromatic N) is 1. The molecular weight excluding hydrogens is 431 g/mol. The first kappa shape index (κ1) is 17.6. The van der Waals surface area contributed by atoms with E-state index >= 15 is 0 Å². The van der Waals surface area contributed by atoms with Crippen LogP contribution in [0, 0.1) is 10.5 Å². The number of benzene rings is 2. The zero-order valence-electron chi connectivity index (χ0n) is 13.7. The topological polar surface area (TPSA) is 32.3 Å². The van der Waals surface area contributed by atoms with Gasteiger partial charge < -0.3 is 10.2 Å². The average molecular weight is 452 g/mol. The zero-order valence-corrected chi connectivity index (χ0v) is 16.7. The molecule has 5 heteroatoms. The molecule has 0 spiro atoms. The molecule has 2 aromatic rings. The Hall–Kier alpha value is -1.21. The summed E-state index contributed by atoms with van der Waals surface area (Å²) in [7, 11) is 0. The summed E-state index contributed by atoms with van der Waals surface area (Å²) in [5.74, 6) is 2.39. The Bertz CT molecular complexity index is 712. The lowest BCUT2D eigenvalue weighted by molar-refractivity contribution is 0.0950. The maximum atomic E-state index is 12.4. The van der Waals surface area contributed by atoms with Crippen molar-refractivity contribution in [1.29, 1.82) is 0 Å². The third-order valence-corrected chi connectivity index (χ3v) is 6.58. The Kier molecular flexibility index (Phi) is 6.05. The minimum Gasteiger partial charge on any atom is -0.370 e. The molecule has 1 N–H and O–H groups in total. The molecule has 24 heavy (non-hydrogen) atoms. The van der Waals surface area contributed by atoms with Crippen molar-refractivity contribution in [3.63, 3.8) is 0 Å². The summed E-state index contributed by atoms with van der Waals surface area (Å²) in [5, 5.41) is 3.02. The molecule has 0 unspecified atom stereocenters. The number of nitrogens with one attached hydrogen (secondary N) is 1. The van der Waals surface area contributed by atoms with Crippen LogP contribution in [0.5, 0.6) is 0 Å². The van der Waals surface area contributed by atoms with Gasteiger partial charge >= 0.3 is 0 Å². The van der Waals surface area contributed by atoms with Gasteiger partial charge in [-0.05, 0) is 58.8 Å². The van der Waals surface area contributed by atoms with Gasteiger partial charge in [-0.2, -0.15) is 11.8 Å². The van der Waals surface area contributed by atoms with Gasteiger partial charge in [0.15, 0.2) is 0 Å². The molecule has 0 bridgehead atoms. The Morgan fingerprint density at radius 2 is 1.88 bits per heavy atom. The largest absolute Gasteiger partial charge is 0.370 e. The molecule has 1 heterocycles. The van der Waals surface area contributed by atoms with Crippen LogP contribution in [0.2, 0.25) is 0 Å². The van der Waals surface area contributed by atoms with Crippen LogP contribution in [0.25, 0.3) is 0 Å². The lowest BCUT2D eigenvalue weighted by Crippen LogP contribution is -2.32. The second-order valence-electron chi connectivity index (χ2n) is 5.88. The summed E-state index contributed by atoms with van der Waals surface area (Å²) in [6.07, 6.45) is 0. The number of carbonyl (C=O) groups is 1. The van der Waals surface area contributed by atoms with Gasteiger partial charge in [-0.15, -0.1) is 0 Å². The zero-order chi connectivity index (χ0) is 16.9. The molecule has 1 aliphatic heterocycles. The first-order valence-corrected chi connectivity index (χ1v) is 10.3. The second-order valence-corrected chi connectivity index (χ2v) is 8.19. The summed E-state index contributed by atoms with van der Waals surface area (Å²) in [5.41, 5.74) is 4.28. The minimum absolute atomic E-state index is 0.0137. The predicted octanol–water partition coefficient (Wildman–Crippen LogP) is 4.08. The third kappa shape index (κ3) is 4.25. The molecule has 0 atom stereocenters. The van der Waals surface area contributed by atoms with E-state index in [0.29, 0.717) is 6.54 Å². The van der Waals surface area contributed by atoms with Gasteiger partial charge in [0.2, 0.25) is 0 Å². The van der Waals surface area contributed by atoms with Crippen LogP contribution in [-0.2, 0) is 6.54 Å². The van der Waals surface area contributed by atoms with Crippen LogP contribution in [0.4, 0.5) is 5.69 Å². The van der Waals surface area contributed by atoms with Crippen molar-refractivity contribution in [3.05, 3.63) is 62.7 Å². The molecule has 0 aromatic heterocycles. The molecular formula is C19H21IN2OS. The molecule has 1 saturated heterocycles. The molecule has 0 radical (unpaired) electrons. The van der Waals surface area contributed by atoms with Crippen LogP contribution in [0.3, 0.4) is 0 Å². The van der Waals surface area contributed by atoms with E-state index in [1.165, 1.54) is 17.2 Å². The van der Waals surface area contributed by atoms with E-state index in [1.54, 1.807) is 0 Å². The van der Waals surface area contributed by atoms with Gasteiger partial charge in [0.25, 0.3) is 5.91 Å². The third-order valence-electron chi connectivity index (χ3n) is 4.20. The summed E-state index contributed by atoms with van der Waals surface area (Å²) in [6.45, 7) is 4.81. The van der Waals surface area contributed by atoms with Gasteiger partial charge in [-0.3, -0.25) is 4.79 Å². The number of hydrogen-bond acceptors (Lipinski definition) is 3. The van der Waals surface area contributed by atoms with Gasteiger partial charge in [0, 0.05) is 40.4 Å². The van der Waals surface area contributed by atoms with Crippen LogP contribution in [0.1, 0.15) is 21.5 Å². The van der Waals surface area contributed by atoms with Crippen LogP contribution in [-0.4, -0.2) is 30.5 Å². The van der Waals surface area contributed by atoms with E-state index in [-0.39, 0.29) is 5.91 Å². The molecule has 2 aromatic carbocycles. The minimum atomic E-state index is -0.0137. The average Bonchev–Trinajstić information content (AvgIpc) is 2.63. The standard InChI is InChI=1S/C19H21IN2OS/c1-14-3-2-4-17(18(14)20)19(23)21-13-15-5-7-16(8-6-15)22-9-11-24-12-10-22/h2-8H,9-13H2,1H3,(H,21,23). The normalized spacial score (nSPS) is 14.5. The number of carbonyl (C=O) groups excluding carboxylic acids is 1. The van der Waals surface area contributed by atoms with Crippen molar-refractivity contribution in [2.45, 2.75) is 13.5 Å². The van der Waals surface area contributed by atoms with E-state index in [9.17, 15) is 4.79 Å². The molecule has 3 rings (SSSR count). The van der Waals surface area contributed by atoms with Gasteiger partial charge in [0.05, 0.1) is 5.56 Å². The predicted molar refractivity (Wildman–Crippen MR) is 111 cm³/mol. The Morgan fingerprint density at radius 3 is 2.58 bits per heavy atom. The van der Waals surface area contributed by atoms with Gasteiger partial charge in [-0.1, -0.05) is 24.3 Å². The molecule has 1 amide bonds. The van der Waals surface area contributed by atoms with E-state index in [0.717, 1.165) is 33.4 Å². The Morgan fingerprint density at radius 1 is 1.17 bits per heavy atom.